The van der Waals surface area contributed by atoms with Crippen molar-refractivity contribution in [2.75, 3.05) is 19.6 Å². The molecule has 0 aliphatic carbocycles. The number of nitrogens with zero attached hydrogens (tertiary/aromatic N) is 2. The topological polar surface area (TPSA) is 88.7 Å². The molecular formula is C18H31N5O. The summed E-state index contributed by atoms with van der Waals surface area (Å²) in [6, 6.07) is 2.10. The van der Waals surface area contributed by atoms with Crippen LogP contribution < -0.4 is 16.7 Å². The van der Waals surface area contributed by atoms with Crippen LogP contribution in [0, 0.1) is 0 Å². The van der Waals surface area contributed by atoms with Crippen LogP contribution in [0.1, 0.15) is 52.1 Å². The van der Waals surface area contributed by atoms with Crippen molar-refractivity contribution in [2.45, 2.75) is 58.4 Å². The summed E-state index contributed by atoms with van der Waals surface area (Å²) in [5, 5.41) is 4.38. The minimum Gasteiger partial charge on any atom is -0.343 e. The molecular weight excluding hydrogens is 302 g/mol. The Labute approximate surface area is 143 Å². The summed E-state index contributed by atoms with van der Waals surface area (Å²) in [6.45, 7) is 9.89. The predicted octanol–water partition coefficient (Wildman–Crippen LogP) is 2.13. The van der Waals surface area contributed by atoms with Gasteiger partial charge in [-0.3, -0.25) is 4.57 Å². The van der Waals surface area contributed by atoms with Gasteiger partial charge in [-0.15, -0.1) is 0 Å². The second kappa shape index (κ2) is 8.44. The van der Waals surface area contributed by atoms with Crippen molar-refractivity contribution in [3.63, 3.8) is 0 Å². The number of aromatic nitrogens is 3. The molecule has 6 nitrogen and oxygen atoms in total. The number of fused-ring (bicyclic) bond motifs is 1. The summed E-state index contributed by atoms with van der Waals surface area (Å²) < 4.78 is 1.73. The first-order chi connectivity index (χ1) is 11.4. The van der Waals surface area contributed by atoms with Crippen molar-refractivity contribution in [1.29, 1.82) is 0 Å². The number of rotatable bonds is 9. The first-order valence-electron chi connectivity index (χ1n) is 8.93. The maximum atomic E-state index is 12.1. The predicted molar refractivity (Wildman–Crippen MR) is 99.4 cm³/mol. The summed E-state index contributed by atoms with van der Waals surface area (Å²) in [5.41, 5.74) is 7.09. The Hall–Kier alpha value is -1.66. The van der Waals surface area contributed by atoms with Gasteiger partial charge in [-0.2, -0.15) is 4.98 Å². The summed E-state index contributed by atoms with van der Waals surface area (Å²) in [4.78, 5) is 19.6. The molecule has 0 radical (unpaired) electrons. The highest BCUT2D eigenvalue weighted by molar-refractivity contribution is 5.75. The van der Waals surface area contributed by atoms with Crippen LogP contribution in [0.4, 0.5) is 0 Å². The molecule has 0 saturated heterocycles. The Morgan fingerprint density at radius 1 is 1.21 bits per heavy atom. The van der Waals surface area contributed by atoms with Crippen LogP contribution in [0.2, 0.25) is 0 Å². The molecule has 4 N–H and O–H groups in total. The Balaban J connectivity index is 1.88. The van der Waals surface area contributed by atoms with Crippen molar-refractivity contribution in [1.82, 2.24) is 19.9 Å². The average Bonchev–Trinajstić information content (AvgIpc) is 2.93. The Morgan fingerprint density at radius 2 is 1.96 bits per heavy atom. The summed E-state index contributed by atoms with van der Waals surface area (Å²) in [7, 11) is 0. The third-order valence-electron chi connectivity index (χ3n) is 4.19. The number of aryl methyl sites for hydroxylation is 1. The zero-order chi connectivity index (χ0) is 17.6. The van der Waals surface area contributed by atoms with Crippen molar-refractivity contribution in [3.05, 3.63) is 28.4 Å². The van der Waals surface area contributed by atoms with Crippen LogP contribution in [-0.2, 0) is 12.0 Å². The van der Waals surface area contributed by atoms with E-state index in [0.29, 0.717) is 5.65 Å². The molecule has 2 aromatic rings. The highest BCUT2D eigenvalue weighted by atomic mass is 16.1. The SMILES string of the molecule is CC(C)(C)c1cc2cn(CCCCCNCCCN)c(=O)nc2[nH]1. The highest BCUT2D eigenvalue weighted by Crippen LogP contribution is 2.24. The monoisotopic (exact) mass is 333 g/mol. The smallest absolute Gasteiger partial charge is 0.343 e. The second-order valence-electron chi connectivity index (χ2n) is 7.41. The molecule has 0 amide bonds. The van der Waals surface area contributed by atoms with E-state index >= 15 is 0 Å². The normalized spacial score (nSPS) is 12.2. The van der Waals surface area contributed by atoms with Crippen LogP contribution in [0.25, 0.3) is 11.0 Å². The molecule has 0 aliphatic heterocycles. The first kappa shape index (κ1) is 18.7. The molecule has 0 saturated carbocycles. The van der Waals surface area contributed by atoms with Gasteiger partial charge < -0.3 is 16.0 Å². The molecule has 24 heavy (non-hydrogen) atoms. The van der Waals surface area contributed by atoms with Crippen LogP contribution in [-0.4, -0.2) is 34.2 Å². The van der Waals surface area contributed by atoms with E-state index in [2.05, 4.69) is 42.1 Å². The molecule has 0 aliphatic rings. The van der Waals surface area contributed by atoms with Gasteiger partial charge in [-0.1, -0.05) is 27.2 Å². The maximum Gasteiger partial charge on any atom is 0.349 e. The van der Waals surface area contributed by atoms with Gasteiger partial charge in [0.05, 0.1) is 0 Å². The van der Waals surface area contributed by atoms with E-state index in [-0.39, 0.29) is 11.1 Å². The molecule has 0 spiro atoms. The lowest BCUT2D eigenvalue weighted by atomic mass is 9.92. The van der Waals surface area contributed by atoms with E-state index in [9.17, 15) is 4.79 Å². The number of H-pyrrole nitrogens is 1. The quantitative estimate of drug-likeness (QED) is 0.613. The van der Waals surface area contributed by atoms with Gasteiger partial charge in [0.15, 0.2) is 0 Å². The Morgan fingerprint density at radius 3 is 2.67 bits per heavy atom. The summed E-state index contributed by atoms with van der Waals surface area (Å²) in [5.74, 6) is 0. The fourth-order valence-corrected chi connectivity index (χ4v) is 2.66. The van der Waals surface area contributed by atoms with Crippen LogP contribution in [0.15, 0.2) is 17.1 Å². The van der Waals surface area contributed by atoms with Crippen molar-refractivity contribution >= 4 is 11.0 Å². The fraction of sp³-hybridized carbons (Fsp3) is 0.667. The Kier molecular flexibility index (Phi) is 6.57. The molecule has 6 heteroatoms. The van der Waals surface area contributed by atoms with Crippen molar-refractivity contribution < 1.29 is 0 Å². The highest BCUT2D eigenvalue weighted by Gasteiger charge is 2.17. The maximum absolute atomic E-state index is 12.1. The van der Waals surface area contributed by atoms with Gasteiger partial charge in [0.2, 0.25) is 0 Å². The summed E-state index contributed by atoms with van der Waals surface area (Å²) >= 11 is 0. The zero-order valence-corrected chi connectivity index (χ0v) is 15.2. The number of nitrogens with one attached hydrogen (secondary N) is 2. The fourth-order valence-electron chi connectivity index (χ4n) is 2.66. The molecule has 0 fully saturated rings. The van der Waals surface area contributed by atoms with Crippen molar-refractivity contribution in [2.24, 2.45) is 5.73 Å². The van der Waals surface area contributed by atoms with Crippen molar-refractivity contribution in [3.8, 4) is 0 Å². The van der Waals surface area contributed by atoms with E-state index in [1.165, 1.54) is 0 Å². The van der Waals surface area contributed by atoms with Crippen LogP contribution in [0.5, 0.6) is 0 Å². The third kappa shape index (κ3) is 5.18. The number of hydrogen-bond donors (Lipinski definition) is 3. The largest absolute Gasteiger partial charge is 0.349 e. The third-order valence-corrected chi connectivity index (χ3v) is 4.19. The summed E-state index contributed by atoms with van der Waals surface area (Å²) in [6.07, 6.45) is 6.15. The minimum absolute atomic E-state index is 0.0193. The molecule has 0 aromatic carbocycles. The van der Waals surface area contributed by atoms with Gasteiger partial charge in [0.25, 0.3) is 0 Å². The van der Waals surface area contributed by atoms with Gasteiger partial charge in [-0.25, -0.2) is 4.79 Å². The van der Waals surface area contributed by atoms with E-state index in [1.54, 1.807) is 4.57 Å². The van der Waals surface area contributed by atoms with E-state index in [0.717, 1.165) is 62.9 Å². The lowest BCUT2D eigenvalue weighted by Crippen LogP contribution is -2.22. The van der Waals surface area contributed by atoms with Crippen LogP contribution in [0.3, 0.4) is 0 Å². The van der Waals surface area contributed by atoms with Gasteiger partial charge in [-0.05, 0) is 45.0 Å². The lowest BCUT2D eigenvalue weighted by Gasteiger charge is -2.15. The molecule has 2 aromatic heterocycles. The first-order valence-corrected chi connectivity index (χ1v) is 8.93. The number of hydrogen-bond acceptors (Lipinski definition) is 4. The van der Waals surface area contributed by atoms with E-state index in [4.69, 9.17) is 5.73 Å². The van der Waals surface area contributed by atoms with Gasteiger partial charge in [0, 0.05) is 29.2 Å². The van der Waals surface area contributed by atoms with Crippen LogP contribution >= 0.6 is 0 Å². The molecule has 0 atom stereocenters. The van der Waals surface area contributed by atoms with E-state index < -0.39 is 0 Å². The second-order valence-corrected chi connectivity index (χ2v) is 7.41. The molecule has 2 heterocycles. The average molecular weight is 333 g/mol. The van der Waals surface area contributed by atoms with Gasteiger partial charge in [0.1, 0.15) is 5.65 Å². The number of aromatic amines is 1. The molecule has 0 bridgehead atoms. The van der Waals surface area contributed by atoms with Gasteiger partial charge >= 0.3 is 5.69 Å². The lowest BCUT2D eigenvalue weighted by molar-refractivity contribution is 0.544. The zero-order valence-electron chi connectivity index (χ0n) is 15.2. The minimum atomic E-state index is -0.175. The Bertz CT molecular complexity index is 695. The molecule has 0 unspecified atom stereocenters. The standard InChI is InChI=1S/C18H31N5O/c1-18(2,3)15-12-14-13-23(17(24)22-16(14)21-15)11-6-4-5-9-20-10-7-8-19/h12-13,20H,4-11,19H2,1-3H3,(H,21,22,24). The molecule has 134 valence electrons. The number of nitrogens with two attached hydrogens (primary N) is 1. The van der Waals surface area contributed by atoms with E-state index in [1.807, 2.05) is 6.20 Å². The number of unbranched alkanes of at least 4 members (excludes halogenated alkanes) is 2. The molecule has 2 rings (SSSR count).